The molecule has 1 aliphatic heterocycles. The smallest absolute Gasteiger partial charge is 0.321 e. The number of carbonyl (C=O) groups excluding carboxylic acids is 3. The zero-order valence-electron chi connectivity index (χ0n) is 17.1. The van der Waals surface area contributed by atoms with E-state index in [2.05, 4.69) is 5.32 Å². The van der Waals surface area contributed by atoms with Gasteiger partial charge in [0.1, 0.15) is 17.5 Å². The lowest BCUT2D eigenvalue weighted by Crippen LogP contribution is -2.42. The molecule has 6 nitrogen and oxygen atoms in total. The number of rotatable bonds is 6. The first-order valence-electron chi connectivity index (χ1n) is 9.99. The second-order valence-electron chi connectivity index (χ2n) is 7.52. The number of carbonyl (C=O) groups is 3. The number of hydrogen-bond donors (Lipinski definition) is 2. The third kappa shape index (κ3) is 4.72. The molecule has 1 atom stereocenters. The van der Waals surface area contributed by atoms with Crippen molar-refractivity contribution >= 4 is 18.3 Å². The fraction of sp³-hybridized carbons (Fsp3) is 0.125. The number of urea groups is 1. The van der Waals surface area contributed by atoms with E-state index in [0.717, 1.165) is 12.1 Å². The summed E-state index contributed by atoms with van der Waals surface area (Å²) >= 11 is 0. The first kappa shape index (κ1) is 22.1. The zero-order valence-corrected chi connectivity index (χ0v) is 17.1. The van der Waals surface area contributed by atoms with Gasteiger partial charge in [0.05, 0.1) is 6.04 Å². The minimum Gasteiger partial charge on any atom is -0.332 e. The van der Waals surface area contributed by atoms with Crippen LogP contribution in [0.3, 0.4) is 0 Å². The van der Waals surface area contributed by atoms with Crippen molar-refractivity contribution in [1.82, 2.24) is 15.5 Å². The molecule has 4 amide bonds. The Hall–Kier alpha value is -4.14. The van der Waals surface area contributed by atoms with Gasteiger partial charge in [0, 0.05) is 30.3 Å². The maximum Gasteiger partial charge on any atom is 0.321 e. The van der Waals surface area contributed by atoms with E-state index in [1.54, 1.807) is 24.3 Å². The largest absolute Gasteiger partial charge is 0.332 e. The Morgan fingerprint density at radius 2 is 1.67 bits per heavy atom. The molecule has 2 N–H and O–H groups in total. The highest BCUT2D eigenvalue weighted by Crippen LogP contribution is 2.28. The standard InChI is InChI=1S/C24H18F3N3O3/c25-17-6-5-16-11-30(23(32)20(16)9-17)12-22(29-24(33)28-13-31)15-3-1-14(2-4-15)19-8-7-18(26)10-21(19)27/h1-10,13,22H,11-12H2,(H2,28,29,31,33)/t22-/m0/s1. The Bertz CT molecular complexity index is 1230. The molecule has 0 fully saturated rings. The monoisotopic (exact) mass is 453 g/mol. The molecule has 1 aliphatic rings. The van der Waals surface area contributed by atoms with Crippen molar-refractivity contribution in [3.63, 3.8) is 0 Å². The Labute approximate surface area is 187 Å². The maximum absolute atomic E-state index is 14.1. The summed E-state index contributed by atoms with van der Waals surface area (Å²) in [5.41, 5.74) is 2.20. The molecule has 0 spiro atoms. The van der Waals surface area contributed by atoms with Crippen LogP contribution in [0.5, 0.6) is 0 Å². The van der Waals surface area contributed by atoms with Gasteiger partial charge >= 0.3 is 6.03 Å². The summed E-state index contributed by atoms with van der Waals surface area (Å²) in [7, 11) is 0. The number of fused-ring (bicyclic) bond motifs is 1. The SMILES string of the molecule is O=CNC(=O)N[C@@H](CN1Cc2ccc(F)cc2C1=O)c1ccc(-c2ccc(F)cc2F)cc1. The van der Waals surface area contributed by atoms with E-state index in [9.17, 15) is 27.6 Å². The number of nitrogens with one attached hydrogen (secondary N) is 2. The number of benzene rings is 3. The summed E-state index contributed by atoms with van der Waals surface area (Å²) in [5, 5.41) is 4.61. The van der Waals surface area contributed by atoms with Crippen LogP contribution in [0.25, 0.3) is 11.1 Å². The molecule has 0 aliphatic carbocycles. The lowest BCUT2D eigenvalue weighted by Gasteiger charge is -2.25. The zero-order chi connectivity index (χ0) is 23.5. The van der Waals surface area contributed by atoms with Gasteiger partial charge in [-0.05, 0) is 41.0 Å². The second kappa shape index (κ2) is 9.15. The Kier molecular flexibility index (Phi) is 6.12. The van der Waals surface area contributed by atoms with Crippen LogP contribution >= 0.6 is 0 Å². The highest BCUT2D eigenvalue weighted by Gasteiger charge is 2.30. The maximum atomic E-state index is 14.1. The van der Waals surface area contributed by atoms with Crippen molar-refractivity contribution in [2.75, 3.05) is 6.54 Å². The summed E-state index contributed by atoms with van der Waals surface area (Å²) in [6.07, 6.45) is 0.229. The molecule has 168 valence electrons. The van der Waals surface area contributed by atoms with Crippen LogP contribution < -0.4 is 10.6 Å². The van der Waals surface area contributed by atoms with Gasteiger partial charge in [0.15, 0.2) is 0 Å². The van der Waals surface area contributed by atoms with E-state index < -0.39 is 29.5 Å². The lowest BCUT2D eigenvalue weighted by atomic mass is 10.00. The van der Waals surface area contributed by atoms with Crippen LogP contribution in [0, 0.1) is 17.5 Å². The fourth-order valence-corrected chi connectivity index (χ4v) is 3.81. The van der Waals surface area contributed by atoms with Gasteiger partial charge in [0.25, 0.3) is 5.91 Å². The number of hydrogen-bond acceptors (Lipinski definition) is 3. The van der Waals surface area contributed by atoms with E-state index >= 15 is 0 Å². The van der Waals surface area contributed by atoms with Crippen molar-refractivity contribution in [2.45, 2.75) is 12.6 Å². The highest BCUT2D eigenvalue weighted by atomic mass is 19.1. The van der Waals surface area contributed by atoms with Crippen LogP contribution in [0.2, 0.25) is 0 Å². The predicted octanol–water partition coefficient (Wildman–Crippen LogP) is 3.92. The molecular formula is C24H18F3N3O3. The van der Waals surface area contributed by atoms with Crippen molar-refractivity contribution in [2.24, 2.45) is 0 Å². The van der Waals surface area contributed by atoms with Gasteiger partial charge in [-0.2, -0.15) is 0 Å². The van der Waals surface area contributed by atoms with Crippen LogP contribution in [0.4, 0.5) is 18.0 Å². The van der Waals surface area contributed by atoms with E-state index in [4.69, 9.17) is 0 Å². The van der Waals surface area contributed by atoms with E-state index in [1.165, 1.54) is 29.2 Å². The third-order valence-electron chi connectivity index (χ3n) is 5.40. The number of amides is 4. The van der Waals surface area contributed by atoms with Crippen LogP contribution in [0.15, 0.2) is 60.7 Å². The third-order valence-corrected chi connectivity index (χ3v) is 5.40. The van der Waals surface area contributed by atoms with Crippen molar-refractivity contribution < 1.29 is 27.6 Å². The molecule has 0 bridgehead atoms. The number of halogens is 3. The first-order valence-corrected chi connectivity index (χ1v) is 9.99. The summed E-state index contributed by atoms with van der Waals surface area (Å²) in [4.78, 5) is 36.8. The molecule has 33 heavy (non-hydrogen) atoms. The van der Waals surface area contributed by atoms with Crippen molar-refractivity contribution in [1.29, 1.82) is 0 Å². The Morgan fingerprint density at radius 1 is 0.970 bits per heavy atom. The molecule has 0 radical (unpaired) electrons. The van der Waals surface area contributed by atoms with Crippen molar-refractivity contribution in [3.05, 3.63) is 94.8 Å². The predicted molar refractivity (Wildman–Crippen MR) is 113 cm³/mol. The minimum absolute atomic E-state index is 0.0473. The molecular weight excluding hydrogens is 435 g/mol. The molecule has 0 saturated heterocycles. The molecule has 4 rings (SSSR count). The Balaban J connectivity index is 1.59. The molecule has 9 heteroatoms. The summed E-state index contributed by atoms with van der Waals surface area (Å²) in [6.45, 7) is 0.284. The summed E-state index contributed by atoms with van der Waals surface area (Å²) in [5.74, 6) is -2.30. The second-order valence-corrected chi connectivity index (χ2v) is 7.52. The van der Waals surface area contributed by atoms with Crippen LogP contribution in [-0.4, -0.2) is 29.8 Å². The average molecular weight is 453 g/mol. The molecule has 0 saturated carbocycles. The molecule has 3 aromatic carbocycles. The Morgan fingerprint density at radius 3 is 2.36 bits per heavy atom. The van der Waals surface area contributed by atoms with Crippen LogP contribution in [-0.2, 0) is 11.3 Å². The van der Waals surface area contributed by atoms with E-state index in [-0.39, 0.29) is 36.5 Å². The van der Waals surface area contributed by atoms with E-state index in [1.807, 2.05) is 5.32 Å². The van der Waals surface area contributed by atoms with E-state index in [0.29, 0.717) is 16.7 Å². The average Bonchev–Trinajstić information content (AvgIpc) is 3.08. The normalized spacial score (nSPS) is 13.4. The van der Waals surface area contributed by atoms with Gasteiger partial charge in [-0.15, -0.1) is 0 Å². The summed E-state index contributed by atoms with van der Waals surface area (Å²) < 4.78 is 40.9. The molecule has 0 unspecified atom stereocenters. The highest BCUT2D eigenvalue weighted by molar-refractivity contribution is 5.98. The number of imide groups is 1. The summed E-state index contributed by atoms with van der Waals surface area (Å²) in [6, 6.07) is 12.2. The van der Waals surface area contributed by atoms with Gasteiger partial charge in [-0.1, -0.05) is 30.3 Å². The topological polar surface area (TPSA) is 78.5 Å². The number of nitrogens with zero attached hydrogens (tertiary/aromatic N) is 1. The minimum atomic E-state index is -0.765. The molecule has 1 heterocycles. The quantitative estimate of drug-likeness (QED) is 0.556. The van der Waals surface area contributed by atoms with Crippen molar-refractivity contribution in [3.8, 4) is 11.1 Å². The fourth-order valence-electron chi connectivity index (χ4n) is 3.81. The van der Waals surface area contributed by atoms with Gasteiger partial charge < -0.3 is 10.2 Å². The van der Waals surface area contributed by atoms with Gasteiger partial charge in [-0.25, -0.2) is 18.0 Å². The van der Waals surface area contributed by atoms with Crippen LogP contribution in [0.1, 0.15) is 27.5 Å². The molecule has 3 aromatic rings. The lowest BCUT2D eigenvalue weighted by molar-refractivity contribution is -0.108. The van der Waals surface area contributed by atoms with Gasteiger partial charge in [0.2, 0.25) is 6.41 Å². The molecule has 0 aromatic heterocycles. The first-order chi connectivity index (χ1) is 15.9. The van der Waals surface area contributed by atoms with Gasteiger partial charge in [-0.3, -0.25) is 14.9 Å².